The quantitative estimate of drug-likeness (QED) is 0.676. The molecule has 0 heterocycles. The van der Waals surface area contributed by atoms with Crippen LogP contribution in [0.5, 0.6) is 0 Å². The predicted octanol–water partition coefficient (Wildman–Crippen LogP) is 3.63. The Morgan fingerprint density at radius 3 is 1.57 bits per heavy atom. The van der Waals surface area contributed by atoms with Crippen LogP contribution in [0.2, 0.25) is 0 Å². The van der Waals surface area contributed by atoms with Gasteiger partial charge in [0.1, 0.15) is 0 Å². The van der Waals surface area contributed by atoms with E-state index in [9.17, 15) is 0 Å². The third-order valence-electron chi connectivity index (χ3n) is 2.10. The number of unbranched alkanes of at least 4 members (excludes halogenated alkanes) is 2. The van der Waals surface area contributed by atoms with E-state index in [0.29, 0.717) is 0 Å². The van der Waals surface area contributed by atoms with E-state index in [1.165, 1.54) is 38.5 Å². The molecule has 0 atom stereocenters. The van der Waals surface area contributed by atoms with Crippen molar-refractivity contribution in [3.63, 3.8) is 0 Å². The van der Waals surface area contributed by atoms with Crippen molar-refractivity contribution in [2.24, 2.45) is 5.92 Å². The van der Waals surface area contributed by atoms with Crippen LogP contribution in [0.1, 0.15) is 59.3 Å². The van der Waals surface area contributed by atoms with Gasteiger partial charge in [-0.15, -0.1) is 9.79 Å². The zero-order chi connectivity index (χ0) is 11.4. The Kier molecular flexibility index (Phi) is 15.3. The van der Waals surface area contributed by atoms with Gasteiger partial charge in [-0.1, -0.05) is 59.3 Å². The van der Waals surface area contributed by atoms with Gasteiger partial charge in [0.25, 0.3) is 0 Å². The Hall–Kier alpha value is 0.0200. The van der Waals surface area contributed by atoms with Crippen LogP contribution in [0.15, 0.2) is 0 Å². The molecule has 86 valence electrons. The third-order valence-corrected chi connectivity index (χ3v) is 2.10. The van der Waals surface area contributed by atoms with Crippen molar-refractivity contribution >= 4 is 8.25 Å². The highest BCUT2D eigenvalue weighted by Crippen LogP contribution is 2.14. The number of hydrogen-bond donors (Lipinski definition) is 2. The summed E-state index contributed by atoms with van der Waals surface area (Å²) >= 11 is 0. The van der Waals surface area contributed by atoms with E-state index < -0.39 is 8.25 Å². The molecule has 0 bridgehead atoms. The highest BCUT2D eigenvalue weighted by molar-refractivity contribution is 7.30. The SMILES string of the molecule is CCCCC(C)CCCC.O=[P+](O)O. The van der Waals surface area contributed by atoms with Crippen LogP contribution in [0, 0.1) is 5.92 Å². The number of rotatable bonds is 6. The molecule has 4 heteroatoms. The van der Waals surface area contributed by atoms with Crippen LogP contribution in [0.4, 0.5) is 0 Å². The summed E-state index contributed by atoms with van der Waals surface area (Å²) in [4.78, 5) is 14.2. The maximum Gasteiger partial charge on any atom is 0.692 e. The fourth-order valence-electron chi connectivity index (χ4n) is 1.25. The standard InChI is InChI=1S/C10H22.HO3P/c1-4-6-8-10(3)9-7-5-2;1-4(2)3/h10H,4-9H2,1-3H3;(H-,1,2,3)/p+1. The highest BCUT2D eigenvalue weighted by atomic mass is 31.1. The lowest BCUT2D eigenvalue weighted by atomic mass is 9.98. The van der Waals surface area contributed by atoms with Gasteiger partial charge in [-0.05, 0) is 5.92 Å². The Bertz CT molecular complexity index is 117. The summed E-state index contributed by atoms with van der Waals surface area (Å²) in [5.41, 5.74) is 0. The van der Waals surface area contributed by atoms with Gasteiger partial charge in [-0.3, -0.25) is 0 Å². The second-order valence-corrected chi connectivity index (χ2v) is 4.15. The molecule has 0 aliphatic rings. The molecule has 0 saturated carbocycles. The van der Waals surface area contributed by atoms with Gasteiger partial charge in [0.2, 0.25) is 0 Å². The summed E-state index contributed by atoms with van der Waals surface area (Å²) < 4.78 is 8.70. The predicted molar refractivity (Wildman–Crippen MR) is 60.3 cm³/mol. The molecule has 0 fully saturated rings. The van der Waals surface area contributed by atoms with E-state index >= 15 is 0 Å². The molecule has 0 spiro atoms. The summed E-state index contributed by atoms with van der Waals surface area (Å²) in [7, 11) is -2.87. The van der Waals surface area contributed by atoms with Gasteiger partial charge < -0.3 is 0 Å². The molecule has 0 rings (SSSR count). The van der Waals surface area contributed by atoms with Gasteiger partial charge in [0, 0.05) is 4.57 Å². The fourth-order valence-corrected chi connectivity index (χ4v) is 1.25. The summed E-state index contributed by atoms with van der Waals surface area (Å²) in [5.74, 6) is 0.972. The topological polar surface area (TPSA) is 57.5 Å². The van der Waals surface area contributed by atoms with Crippen LogP contribution in [0.25, 0.3) is 0 Å². The summed E-state index contributed by atoms with van der Waals surface area (Å²) in [6, 6.07) is 0. The van der Waals surface area contributed by atoms with Crippen LogP contribution in [-0.4, -0.2) is 9.79 Å². The molecule has 0 aliphatic carbocycles. The maximum atomic E-state index is 8.70. The molecular formula is C10H24O3P+. The van der Waals surface area contributed by atoms with Crippen molar-refractivity contribution in [2.75, 3.05) is 0 Å². The largest absolute Gasteiger partial charge is 0.692 e. The zero-order valence-electron chi connectivity index (χ0n) is 9.57. The fraction of sp³-hybridized carbons (Fsp3) is 1.00. The molecule has 3 nitrogen and oxygen atoms in total. The monoisotopic (exact) mass is 223 g/mol. The van der Waals surface area contributed by atoms with Crippen molar-refractivity contribution in [1.82, 2.24) is 0 Å². The van der Waals surface area contributed by atoms with Gasteiger partial charge in [0.15, 0.2) is 0 Å². The van der Waals surface area contributed by atoms with Crippen LogP contribution in [0.3, 0.4) is 0 Å². The average Bonchev–Trinajstić information content (AvgIpc) is 2.10. The van der Waals surface area contributed by atoms with Gasteiger partial charge in [0.05, 0.1) is 0 Å². The normalized spacial score (nSPS) is 9.57. The molecule has 0 aliphatic heterocycles. The van der Waals surface area contributed by atoms with Gasteiger partial charge in [-0.25, -0.2) is 0 Å². The number of hydrogen-bond acceptors (Lipinski definition) is 1. The average molecular weight is 223 g/mol. The van der Waals surface area contributed by atoms with Gasteiger partial charge >= 0.3 is 8.25 Å². The van der Waals surface area contributed by atoms with Crippen molar-refractivity contribution in [3.8, 4) is 0 Å². The summed E-state index contributed by atoms with van der Waals surface area (Å²) in [5, 5.41) is 0. The van der Waals surface area contributed by atoms with Gasteiger partial charge in [-0.2, -0.15) is 0 Å². The lowest BCUT2D eigenvalue weighted by Gasteiger charge is -2.08. The summed E-state index contributed by atoms with van der Waals surface area (Å²) in [6.45, 7) is 6.92. The first kappa shape index (κ1) is 16.4. The van der Waals surface area contributed by atoms with E-state index in [1.54, 1.807) is 0 Å². The van der Waals surface area contributed by atoms with E-state index in [1.807, 2.05) is 0 Å². The molecule has 0 amide bonds. The highest BCUT2D eigenvalue weighted by Gasteiger charge is 1.98. The van der Waals surface area contributed by atoms with Crippen LogP contribution < -0.4 is 0 Å². The molecule has 0 aromatic carbocycles. The van der Waals surface area contributed by atoms with Crippen LogP contribution in [-0.2, 0) is 4.57 Å². The Labute approximate surface area is 88.5 Å². The first-order valence-electron chi connectivity index (χ1n) is 5.39. The van der Waals surface area contributed by atoms with Crippen molar-refractivity contribution < 1.29 is 14.4 Å². The molecule has 0 radical (unpaired) electrons. The molecule has 0 unspecified atom stereocenters. The smallest absolute Gasteiger partial charge is 0.134 e. The Balaban J connectivity index is 0. The lowest BCUT2D eigenvalue weighted by molar-refractivity contribution is 0.405. The molecular weight excluding hydrogens is 199 g/mol. The van der Waals surface area contributed by atoms with Crippen molar-refractivity contribution in [3.05, 3.63) is 0 Å². The van der Waals surface area contributed by atoms with E-state index in [-0.39, 0.29) is 0 Å². The lowest BCUT2D eigenvalue weighted by Crippen LogP contribution is -1.93. The molecule has 0 aromatic rings. The van der Waals surface area contributed by atoms with Crippen molar-refractivity contribution in [2.45, 2.75) is 59.3 Å². The minimum absolute atomic E-state index is 0.972. The zero-order valence-corrected chi connectivity index (χ0v) is 10.5. The van der Waals surface area contributed by atoms with E-state index in [0.717, 1.165) is 5.92 Å². The maximum absolute atomic E-state index is 8.70. The molecule has 0 saturated heterocycles. The van der Waals surface area contributed by atoms with E-state index in [4.69, 9.17) is 14.4 Å². The Morgan fingerprint density at radius 1 is 1.07 bits per heavy atom. The second kappa shape index (κ2) is 13.0. The van der Waals surface area contributed by atoms with Crippen LogP contribution >= 0.6 is 8.25 Å². The second-order valence-electron chi connectivity index (χ2n) is 3.64. The Morgan fingerprint density at radius 2 is 1.36 bits per heavy atom. The molecule has 0 aromatic heterocycles. The first-order chi connectivity index (χ1) is 6.54. The summed E-state index contributed by atoms with van der Waals surface area (Å²) in [6.07, 6.45) is 8.44. The minimum Gasteiger partial charge on any atom is -0.134 e. The minimum atomic E-state index is -2.87. The third kappa shape index (κ3) is 22.7. The van der Waals surface area contributed by atoms with E-state index in [2.05, 4.69) is 20.8 Å². The van der Waals surface area contributed by atoms with Crippen molar-refractivity contribution in [1.29, 1.82) is 0 Å². The molecule has 2 N–H and O–H groups in total. The first-order valence-corrected chi connectivity index (χ1v) is 6.56. The molecule has 14 heavy (non-hydrogen) atoms.